The molecule has 1 aromatic carbocycles. The summed E-state index contributed by atoms with van der Waals surface area (Å²) < 4.78 is 6.54. The van der Waals surface area contributed by atoms with E-state index in [2.05, 4.69) is 20.9 Å². The van der Waals surface area contributed by atoms with Crippen molar-refractivity contribution in [2.75, 3.05) is 5.73 Å². The van der Waals surface area contributed by atoms with Gasteiger partial charge in [0.1, 0.15) is 5.75 Å². The summed E-state index contributed by atoms with van der Waals surface area (Å²) in [5, 5.41) is 0. The molecule has 82 valence electrons. The second-order valence-corrected chi connectivity index (χ2v) is 4.25. The lowest BCUT2D eigenvalue weighted by molar-refractivity contribution is 0.481. The van der Waals surface area contributed by atoms with Crippen molar-refractivity contribution in [3.8, 4) is 11.5 Å². The number of halogens is 1. The molecule has 0 aliphatic heterocycles. The van der Waals surface area contributed by atoms with Gasteiger partial charge in [-0.25, -0.2) is 0 Å². The van der Waals surface area contributed by atoms with Crippen LogP contribution in [0.5, 0.6) is 11.5 Å². The summed E-state index contributed by atoms with van der Waals surface area (Å²) in [6.07, 6.45) is 1.71. The van der Waals surface area contributed by atoms with Crippen LogP contribution in [0.2, 0.25) is 0 Å². The Kier molecular flexibility index (Phi) is 3.10. The lowest BCUT2D eigenvalue weighted by Gasteiger charge is -2.10. The van der Waals surface area contributed by atoms with E-state index in [-0.39, 0.29) is 0 Å². The molecule has 2 aromatic rings. The molecule has 1 aromatic heterocycles. The molecule has 0 bridgehead atoms. The molecule has 0 unspecified atom stereocenters. The quantitative estimate of drug-likeness (QED) is 0.855. The van der Waals surface area contributed by atoms with E-state index in [9.17, 15) is 0 Å². The lowest BCUT2D eigenvalue weighted by atomic mass is 10.3. The number of pyridine rings is 1. The molecular weight excluding hydrogens is 268 g/mol. The summed E-state index contributed by atoms with van der Waals surface area (Å²) >= 11 is 3.40. The van der Waals surface area contributed by atoms with Crippen molar-refractivity contribution in [3.05, 3.63) is 46.7 Å². The van der Waals surface area contributed by atoms with Crippen LogP contribution in [0.15, 0.2) is 41.0 Å². The Morgan fingerprint density at radius 1 is 1.31 bits per heavy atom. The fourth-order valence-corrected chi connectivity index (χ4v) is 1.80. The molecule has 0 aliphatic carbocycles. The highest BCUT2D eigenvalue weighted by Gasteiger charge is 2.06. The van der Waals surface area contributed by atoms with Gasteiger partial charge in [0.05, 0.1) is 10.2 Å². The number of benzene rings is 1. The van der Waals surface area contributed by atoms with Gasteiger partial charge in [-0.05, 0) is 41.1 Å². The van der Waals surface area contributed by atoms with Gasteiger partial charge in [-0.1, -0.05) is 6.07 Å². The van der Waals surface area contributed by atoms with Crippen molar-refractivity contribution >= 4 is 21.6 Å². The molecule has 0 spiro atoms. The Balaban J connectivity index is 2.34. The van der Waals surface area contributed by atoms with E-state index in [0.29, 0.717) is 11.4 Å². The zero-order chi connectivity index (χ0) is 11.5. The Morgan fingerprint density at radius 3 is 2.81 bits per heavy atom. The number of hydrogen-bond acceptors (Lipinski definition) is 3. The number of rotatable bonds is 2. The first-order chi connectivity index (χ1) is 7.66. The molecule has 16 heavy (non-hydrogen) atoms. The maximum Gasteiger partial charge on any atom is 0.164 e. The summed E-state index contributed by atoms with van der Waals surface area (Å²) in [5.74, 6) is 1.36. The van der Waals surface area contributed by atoms with Gasteiger partial charge in [-0.15, -0.1) is 0 Å². The predicted molar refractivity (Wildman–Crippen MR) is 67.6 cm³/mol. The van der Waals surface area contributed by atoms with Crippen molar-refractivity contribution < 1.29 is 4.74 Å². The minimum Gasteiger partial charge on any atom is -0.454 e. The maximum atomic E-state index is 5.84. The molecular formula is C12H11BrN2O. The molecule has 0 amide bonds. The van der Waals surface area contributed by atoms with Gasteiger partial charge in [0.25, 0.3) is 0 Å². The van der Waals surface area contributed by atoms with Crippen molar-refractivity contribution in [2.45, 2.75) is 6.92 Å². The minimum atomic E-state index is 0.601. The van der Waals surface area contributed by atoms with Crippen molar-refractivity contribution in [1.82, 2.24) is 4.98 Å². The monoisotopic (exact) mass is 278 g/mol. The number of ether oxygens (including phenoxy) is 1. The molecule has 4 heteroatoms. The van der Waals surface area contributed by atoms with Crippen LogP contribution < -0.4 is 10.5 Å². The average Bonchev–Trinajstić information content (AvgIpc) is 2.24. The molecule has 2 N–H and O–H groups in total. The lowest BCUT2D eigenvalue weighted by Crippen LogP contribution is -1.93. The second kappa shape index (κ2) is 4.53. The second-order valence-electron chi connectivity index (χ2n) is 3.39. The third kappa shape index (κ3) is 2.33. The minimum absolute atomic E-state index is 0.601. The van der Waals surface area contributed by atoms with Crippen LogP contribution >= 0.6 is 15.9 Å². The first kappa shape index (κ1) is 11.0. The van der Waals surface area contributed by atoms with E-state index in [1.807, 2.05) is 25.1 Å². The third-order valence-electron chi connectivity index (χ3n) is 2.09. The van der Waals surface area contributed by atoms with Gasteiger partial charge in [0, 0.05) is 18.0 Å². The van der Waals surface area contributed by atoms with E-state index >= 15 is 0 Å². The molecule has 1 heterocycles. The Bertz CT molecular complexity index is 494. The van der Waals surface area contributed by atoms with Crippen LogP contribution in [0.4, 0.5) is 5.69 Å². The zero-order valence-electron chi connectivity index (χ0n) is 8.77. The molecule has 0 atom stereocenters. The fraction of sp³-hybridized carbons (Fsp3) is 0.0833. The van der Waals surface area contributed by atoms with Gasteiger partial charge in [0.2, 0.25) is 0 Å². The third-order valence-corrected chi connectivity index (χ3v) is 2.71. The number of nitrogens with two attached hydrogens (primary N) is 1. The van der Waals surface area contributed by atoms with Crippen molar-refractivity contribution in [1.29, 1.82) is 0 Å². The highest BCUT2D eigenvalue weighted by molar-refractivity contribution is 9.10. The topological polar surface area (TPSA) is 48.1 Å². The van der Waals surface area contributed by atoms with E-state index < -0.39 is 0 Å². The summed E-state index contributed by atoms with van der Waals surface area (Å²) in [6.45, 7) is 1.91. The summed E-state index contributed by atoms with van der Waals surface area (Å²) in [4.78, 5) is 4.10. The highest BCUT2D eigenvalue weighted by atomic mass is 79.9. The van der Waals surface area contributed by atoms with Crippen LogP contribution in [-0.2, 0) is 0 Å². The summed E-state index contributed by atoms with van der Waals surface area (Å²) in [5.41, 5.74) is 7.34. The van der Waals surface area contributed by atoms with Gasteiger partial charge >= 0.3 is 0 Å². The van der Waals surface area contributed by atoms with Crippen LogP contribution in [0.1, 0.15) is 5.69 Å². The summed E-state index contributed by atoms with van der Waals surface area (Å²) in [6, 6.07) is 9.21. The number of aromatic nitrogens is 1. The maximum absolute atomic E-state index is 5.84. The number of anilines is 1. The SMILES string of the molecule is Cc1cc(Oc2c(N)cccc2Br)ccn1. The molecule has 0 radical (unpaired) electrons. The Labute approximate surface area is 102 Å². The average molecular weight is 279 g/mol. The van der Waals surface area contributed by atoms with Gasteiger partial charge in [-0.3, -0.25) is 4.98 Å². The highest BCUT2D eigenvalue weighted by Crippen LogP contribution is 2.34. The smallest absolute Gasteiger partial charge is 0.164 e. The van der Waals surface area contributed by atoms with Crippen LogP contribution in [-0.4, -0.2) is 4.98 Å². The van der Waals surface area contributed by atoms with E-state index in [4.69, 9.17) is 10.5 Å². The predicted octanol–water partition coefficient (Wildman–Crippen LogP) is 3.53. The number of aryl methyl sites for hydroxylation is 1. The molecule has 3 nitrogen and oxygen atoms in total. The van der Waals surface area contributed by atoms with E-state index in [1.165, 1.54) is 0 Å². The van der Waals surface area contributed by atoms with Crippen molar-refractivity contribution in [3.63, 3.8) is 0 Å². The largest absolute Gasteiger partial charge is 0.454 e. The van der Waals surface area contributed by atoms with Gasteiger partial charge in [-0.2, -0.15) is 0 Å². The first-order valence-corrected chi connectivity index (χ1v) is 5.60. The standard InChI is InChI=1S/C12H11BrN2O/c1-8-7-9(5-6-15-8)16-12-10(13)3-2-4-11(12)14/h2-7H,14H2,1H3. The van der Waals surface area contributed by atoms with Crippen LogP contribution in [0.25, 0.3) is 0 Å². The Morgan fingerprint density at radius 2 is 2.12 bits per heavy atom. The first-order valence-electron chi connectivity index (χ1n) is 4.81. The fourth-order valence-electron chi connectivity index (χ4n) is 1.33. The zero-order valence-corrected chi connectivity index (χ0v) is 10.4. The molecule has 0 aliphatic rings. The summed E-state index contributed by atoms with van der Waals surface area (Å²) in [7, 11) is 0. The molecule has 2 rings (SSSR count). The van der Waals surface area contributed by atoms with E-state index in [0.717, 1.165) is 15.9 Å². The van der Waals surface area contributed by atoms with Crippen molar-refractivity contribution in [2.24, 2.45) is 0 Å². The number of hydrogen-bond donors (Lipinski definition) is 1. The number of para-hydroxylation sites is 1. The van der Waals surface area contributed by atoms with E-state index in [1.54, 1.807) is 18.3 Å². The van der Waals surface area contributed by atoms with Gasteiger partial charge < -0.3 is 10.5 Å². The molecule has 0 saturated heterocycles. The number of nitrogen functional groups attached to an aromatic ring is 1. The normalized spacial score (nSPS) is 10.1. The Hall–Kier alpha value is -1.55. The molecule has 0 fully saturated rings. The van der Waals surface area contributed by atoms with Crippen LogP contribution in [0, 0.1) is 6.92 Å². The van der Waals surface area contributed by atoms with Gasteiger partial charge in [0.15, 0.2) is 5.75 Å². The molecule has 0 saturated carbocycles. The van der Waals surface area contributed by atoms with Crippen LogP contribution in [0.3, 0.4) is 0 Å². The number of nitrogens with zero attached hydrogens (tertiary/aromatic N) is 1.